The third-order valence-corrected chi connectivity index (χ3v) is 7.73. The topological polar surface area (TPSA) is 73.0 Å². The Labute approximate surface area is 210 Å². The maximum atomic E-state index is 13.8. The quantitative estimate of drug-likeness (QED) is 0.605. The van der Waals surface area contributed by atoms with Crippen molar-refractivity contribution in [1.29, 1.82) is 0 Å². The van der Waals surface area contributed by atoms with Crippen LogP contribution in [-0.2, 0) is 9.59 Å². The first-order chi connectivity index (χ1) is 17.5. The van der Waals surface area contributed by atoms with Crippen LogP contribution in [0.1, 0.15) is 36.0 Å². The molecule has 7 heteroatoms. The molecule has 1 N–H and O–H groups in total. The van der Waals surface area contributed by atoms with Gasteiger partial charge in [-0.15, -0.1) is 0 Å². The van der Waals surface area contributed by atoms with E-state index in [0.717, 1.165) is 29.3 Å². The molecule has 1 saturated carbocycles. The number of carbonyl (C=O) groups is 3. The number of nitrogens with zero attached hydrogens (tertiary/aromatic N) is 3. The van der Waals surface area contributed by atoms with E-state index in [1.165, 1.54) is 0 Å². The molecule has 3 amide bonds. The lowest BCUT2D eigenvalue weighted by Gasteiger charge is -2.43. The lowest BCUT2D eigenvalue weighted by atomic mass is 9.85. The molecule has 0 aromatic heterocycles. The fourth-order valence-electron chi connectivity index (χ4n) is 5.58. The van der Waals surface area contributed by atoms with Crippen LogP contribution < -0.4 is 10.2 Å². The predicted molar refractivity (Wildman–Crippen MR) is 138 cm³/mol. The highest BCUT2D eigenvalue weighted by molar-refractivity contribution is 6.00. The van der Waals surface area contributed by atoms with Crippen molar-refractivity contribution in [2.45, 2.75) is 37.3 Å². The van der Waals surface area contributed by atoms with Crippen LogP contribution in [0.15, 0.2) is 72.8 Å². The van der Waals surface area contributed by atoms with E-state index in [-0.39, 0.29) is 30.3 Å². The fraction of sp³-hybridized carbons (Fsp3) is 0.345. The van der Waals surface area contributed by atoms with Crippen LogP contribution in [0.4, 0.5) is 5.69 Å². The molecule has 7 nitrogen and oxygen atoms in total. The maximum Gasteiger partial charge on any atom is 0.253 e. The standard InChI is InChI=1S/C29H30N4O3/c34-26(30-24-12-13-24)19-32-20-33(25-8-2-1-3-9-25)29(28(32)36)14-16-31(17-15-29)27(35)23-11-10-21-6-4-5-7-22(21)18-23/h1-11,18,24H,12-17,19-20H2,(H,30,34). The van der Waals surface area contributed by atoms with E-state index in [2.05, 4.69) is 10.2 Å². The average molecular weight is 483 g/mol. The number of nitrogens with one attached hydrogen (secondary N) is 1. The second-order valence-electron chi connectivity index (χ2n) is 10.1. The Morgan fingerprint density at radius 1 is 0.889 bits per heavy atom. The van der Waals surface area contributed by atoms with Gasteiger partial charge < -0.3 is 20.0 Å². The van der Waals surface area contributed by atoms with Crippen molar-refractivity contribution >= 4 is 34.2 Å². The minimum atomic E-state index is -0.749. The molecule has 3 aromatic rings. The molecule has 3 aliphatic rings. The highest BCUT2D eigenvalue weighted by atomic mass is 16.2. The van der Waals surface area contributed by atoms with E-state index < -0.39 is 5.54 Å². The van der Waals surface area contributed by atoms with Crippen LogP contribution in [-0.4, -0.2) is 65.4 Å². The molecule has 6 rings (SSSR count). The van der Waals surface area contributed by atoms with E-state index in [1.807, 2.05) is 77.7 Å². The summed E-state index contributed by atoms with van der Waals surface area (Å²) in [4.78, 5) is 45.3. The molecule has 0 unspecified atom stereocenters. The summed E-state index contributed by atoms with van der Waals surface area (Å²) in [5, 5.41) is 5.14. The normalized spacial score (nSPS) is 19.2. The minimum Gasteiger partial charge on any atom is -0.352 e. The Morgan fingerprint density at radius 3 is 2.31 bits per heavy atom. The van der Waals surface area contributed by atoms with Crippen LogP contribution in [0.5, 0.6) is 0 Å². The zero-order chi connectivity index (χ0) is 24.7. The Bertz CT molecular complexity index is 1310. The van der Waals surface area contributed by atoms with Gasteiger partial charge in [0.2, 0.25) is 5.91 Å². The van der Waals surface area contributed by atoms with Crippen molar-refractivity contribution in [2.24, 2.45) is 0 Å². The molecule has 1 aliphatic carbocycles. The molecule has 2 heterocycles. The number of carbonyl (C=O) groups excluding carboxylic acids is 3. The Kier molecular flexibility index (Phi) is 5.63. The summed E-state index contributed by atoms with van der Waals surface area (Å²) in [6, 6.07) is 24.0. The largest absolute Gasteiger partial charge is 0.352 e. The first-order valence-corrected chi connectivity index (χ1v) is 12.7. The van der Waals surface area contributed by atoms with Gasteiger partial charge in [0.05, 0.1) is 6.67 Å². The first-order valence-electron chi connectivity index (χ1n) is 12.7. The van der Waals surface area contributed by atoms with E-state index >= 15 is 0 Å². The lowest BCUT2D eigenvalue weighted by Crippen LogP contribution is -2.57. The molecule has 2 saturated heterocycles. The van der Waals surface area contributed by atoms with Gasteiger partial charge in [-0.25, -0.2) is 0 Å². The van der Waals surface area contributed by atoms with E-state index in [9.17, 15) is 14.4 Å². The number of benzene rings is 3. The number of hydrogen-bond acceptors (Lipinski definition) is 4. The molecule has 0 atom stereocenters. The van der Waals surface area contributed by atoms with Crippen LogP contribution >= 0.6 is 0 Å². The van der Waals surface area contributed by atoms with Crippen molar-refractivity contribution < 1.29 is 14.4 Å². The summed E-state index contributed by atoms with van der Waals surface area (Å²) in [7, 11) is 0. The number of rotatable bonds is 5. The number of likely N-dealkylation sites (tertiary alicyclic amines) is 1. The van der Waals surface area contributed by atoms with Crippen LogP contribution in [0, 0.1) is 0 Å². The molecule has 2 aliphatic heterocycles. The maximum absolute atomic E-state index is 13.8. The third-order valence-electron chi connectivity index (χ3n) is 7.73. The second kappa shape index (κ2) is 8.97. The van der Waals surface area contributed by atoms with E-state index in [1.54, 1.807) is 4.90 Å². The fourth-order valence-corrected chi connectivity index (χ4v) is 5.58. The third kappa shape index (κ3) is 4.08. The van der Waals surface area contributed by atoms with Gasteiger partial charge in [-0.3, -0.25) is 14.4 Å². The highest BCUT2D eigenvalue weighted by Gasteiger charge is 2.54. The summed E-state index contributed by atoms with van der Waals surface area (Å²) in [5.41, 5.74) is 0.882. The smallest absolute Gasteiger partial charge is 0.253 e. The number of para-hydroxylation sites is 1. The SMILES string of the molecule is O=C(CN1CN(c2ccccc2)C2(CCN(C(=O)c3ccc4ccccc4c3)CC2)C1=O)NC1CC1. The number of anilines is 1. The molecule has 3 fully saturated rings. The van der Waals surface area contributed by atoms with Crippen molar-refractivity contribution in [3.8, 4) is 0 Å². The van der Waals surface area contributed by atoms with Gasteiger partial charge >= 0.3 is 0 Å². The minimum absolute atomic E-state index is 0.00650. The Hall–Kier alpha value is -3.87. The molecule has 184 valence electrons. The monoisotopic (exact) mass is 482 g/mol. The number of fused-ring (bicyclic) bond motifs is 1. The van der Waals surface area contributed by atoms with Crippen LogP contribution in [0.25, 0.3) is 10.8 Å². The van der Waals surface area contributed by atoms with Gasteiger partial charge in [0.25, 0.3) is 11.8 Å². The van der Waals surface area contributed by atoms with Gasteiger partial charge in [0.1, 0.15) is 12.1 Å². The lowest BCUT2D eigenvalue weighted by molar-refractivity contribution is -0.137. The van der Waals surface area contributed by atoms with Crippen molar-refractivity contribution in [3.63, 3.8) is 0 Å². The Morgan fingerprint density at radius 2 is 1.58 bits per heavy atom. The molecule has 0 radical (unpaired) electrons. The van der Waals surface area contributed by atoms with Gasteiger partial charge in [0.15, 0.2) is 0 Å². The summed E-state index contributed by atoms with van der Waals surface area (Å²) in [6.07, 6.45) is 3.09. The van der Waals surface area contributed by atoms with Gasteiger partial charge in [-0.2, -0.15) is 0 Å². The van der Waals surface area contributed by atoms with Gasteiger partial charge in [0, 0.05) is 30.4 Å². The molecule has 36 heavy (non-hydrogen) atoms. The van der Waals surface area contributed by atoms with E-state index in [0.29, 0.717) is 38.2 Å². The summed E-state index contributed by atoms with van der Waals surface area (Å²) >= 11 is 0. The van der Waals surface area contributed by atoms with Gasteiger partial charge in [-0.1, -0.05) is 48.5 Å². The van der Waals surface area contributed by atoms with Crippen molar-refractivity contribution in [2.75, 3.05) is 31.2 Å². The molecule has 3 aromatic carbocycles. The number of piperidine rings is 1. The molecule has 0 bridgehead atoms. The summed E-state index contributed by atoms with van der Waals surface area (Å²) in [6.45, 7) is 1.42. The molecular weight excluding hydrogens is 452 g/mol. The molecule has 1 spiro atoms. The summed E-state index contributed by atoms with van der Waals surface area (Å²) < 4.78 is 0. The first kappa shape index (κ1) is 22.6. The number of amides is 3. The van der Waals surface area contributed by atoms with Crippen LogP contribution in [0.3, 0.4) is 0 Å². The predicted octanol–water partition coefficient (Wildman–Crippen LogP) is 3.40. The van der Waals surface area contributed by atoms with E-state index in [4.69, 9.17) is 0 Å². The van der Waals surface area contributed by atoms with Crippen molar-refractivity contribution in [3.05, 3.63) is 78.4 Å². The zero-order valence-electron chi connectivity index (χ0n) is 20.2. The van der Waals surface area contributed by atoms with Gasteiger partial charge in [-0.05, 0) is 60.7 Å². The highest BCUT2D eigenvalue weighted by Crippen LogP contribution is 2.39. The summed E-state index contributed by atoms with van der Waals surface area (Å²) in [5.74, 6) is -0.122. The second-order valence-corrected chi connectivity index (χ2v) is 10.1. The molecular formula is C29H30N4O3. The number of hydrogen-bond donors (Lipinski definition) is 1. The van der Waals surface area contributed by atoms with Crippen molar-refractivity contribution in [1.82, 2.24) is 15.1 Å². The average Bonchev–Trinajstić information content (AvgIpc) is 3.70. The zero-order valence-corrected chi connectivity index (χ0v) is 20.2. The van der Waals surface area contributed by atoms with Crippen LogP contribution in [0.2, 0.25) is 0 Å². The Balaban J connectivity index is 1.21.